The Morgan fingerprint density at radius 1 is 1.12 bits per heavy atom. The van der Waals surface area contributed by atoms with Gasteiger partial charge in [0.2, 0.25) is 0 Å². The lowest BCUT2D eigenvalue weighted by atomic mass is 10.0. The van der Waals surface area contributed by atoms with Crippen LogP contribution in [0, 0.1) is 12.8 Å². The lowest BCUT2D eigenvalue weighted by Crippen LogP contribution is -2.26. The third-order valence-electron chi connectivity index (χ3n) is 3.38. The largest absolute Gasteiger partial charge is 0.310 e. The van der Waals surface area contributed by atoms with Crippen LogP contribution in [0.1, 0.15) is 57.2 Å². The fourth-order valence-electron chi connectivity index (χ4n) is 2.23. The summed E-state index contributed by atoms with van der Waals surface area (Å²) in [5.74, 6) is 0.777. The molecule has 0 saturated carbocycles. The van der Waals surface area contributed by atoms with Crippen LogP contribution in [0.2, 0.25) is 0 Å². The van der Waals surface area contributed by atoms with E-state index in [2.05, 4.69) is 57.3 Å². The molecule has 1 aromatic rings. The highest BCUT2D eigenvalue weighted by Gasteiger charge is 2.09. The van der Waals surface area contributed by atoms with E-state index in [0.29, 0.717) is 6.04 Å². The maximum Gasteiger partial charge on any atom is 0.0317 e. The van der Waals surface area contributed by atoms with Gasteiger partial charge < -0.3 is 5.32 Å². The molecule has 0 fully saturated rings. The standard InChI is InChI=1S/C16H27N/c1-5-7-14(4)12-17-16(6-2)15-10-8-13(3)9-11-15/h8-11,14,16-17H,5-7,12H2,1-4H3. The zero-order valence-corrected chi connectivity index (χ0v) is 11.8. The van der Waals surface area contributed by atoms with Crippen molar-refractivity contribution >= 4 is 0 Å². The van der Waals surface area contributed by atoms with Crippen molar-refractivity contribution in [2.24, 2.45) is 5.92 Å². The van der Waals surface area contributed by atoms with E-state index in [4.69, 9.17) is 0 Å². The van der Waals surface area contributed by atoms with E-state index in [1.807, 2.05) is 0 Å². The highest BCUT2D eigenvalue weighted by molar-refractivity contribution is 5.24. The molecule has 0 saturated heterocycles. The molecule has 2 atom stereocenters. The van der Waals surface area contributed by atoms with Crippen molar-refractivity contribution < 1.29 is 0 Å². The van der Waals surface area contributed by atoms with Gasteiger partial charge in [0, 0.05) is 6.04 Å². The van der Waals surface area contributed by atoms with Crippen LogP contribution in [0.15, 0.2) is 24.3 Å². The summed E-state index contributed by atoms with van der Waals surface area (Å²) in [6.07, 6.45) is 3.75. The highest BCUT2D eigenvalue weighted by atomic mass is 14.9. The zero-order chi connectivity index (χ0) is 12.7. The Kier molecular flexibility index (Phi) is 6.28. The van der Waals surface area contributed by atoms with Crippen molar-refractivity contribution in [3.63, 3.8) is 0 Å². The topological polar surface area (TPSA) is 12.0 Å². The molecular weight excluding hydrogens is 206 g/mol. The van der Waals surface area contributed by atoms with Gasteiger partial charge in [-0.05, 0) is 37.8 Å². The van der Waals surface area contributed by atoms with Gasteiger partial charge in [-0.15, -0.1) is 0 Å². The summed E-state index contributed by atoms with van der Waals surface area (Å²) in [4.78, 5) is 0. The Bertz CT molecular complexity index is 302. The number of rotatable bonds is 7. The number of nitrogens with one attached hydrogen (secondary N) is 1. The van der Waals surface area contributed by atoms with Crippen molar-refractivity contribution in [2.75, 3.05) is 6.54 Å². The quantitative estimate of drug-likeness (QED) is 0.732. The van der Waals surface area contributed by atoms with Crippen molar-refractivity contribution in [2.45, 2.75) is 53.0 Å². The van der Waals surface area contributed by atoms with Gasteiger partial charge in [-0.1, -0.05) is 57.0 Å². The van der Waals surface area contributed by atoms with Crippen LogP contribution in [-0.2, 0) is 0 Å². The SMILES string of the molecule is CCCC(C)CNC(CC)c1ccc(C)cc1. The molecule has 17 heavy (non-hydrogen) atoms. The number of hydrogen-bond donors (Lipinski definition) is 1. The Labute approximate surface area is 107 Å². The average Bonchev–Trinajstić information content (AvgIpc) is 2.32. The van der Waals surface area contributed by atoms with E-state index < -0.39 is 0 Å². The summed E-state index contributed by atoms with van der Waals surface area (Å²) in [5.41, 5.74) is 2.75. The number of aryl methyl sites for hydroxylation is 1. The molecule has 1 N–H and O–H groups in total. The molecule has 96 valence electrons. The summed E-state index contributed by atoms with van der Waals surface area (Å²) >= 11 is 0. The lowest BCUT2D eigenvalue weighted by Gasteiger charge is -2.20. The minimum Gasteiger partial charge on any atom is -0.310 e. The van der Waals surface area contributed by atoms with Crippen LogP contribution in [-0.4, -0.2) is 6.54 Å². The minimum atomic E-state index is 0.509. The van der Waals surface area contributed by atoms with Gasteiger partial charge in [0.1, 0.15) is 0 Å². The molecule has 2 unspecified atom stereocenters. The number of hydrogen-bond acceptors (Lipinski definition) is 1. The van der Waals surface area contributed by atoms with Crippen LogP contribution < -0.4 is 5.32 Å². The highest BCUT2D eigenvalue weighted by Crippen LogP contribution is 2.17. The zero-order valence-electron chi connectivity index (χ0n) is 11.8. The predicted octanol–water partition coefficient (Wildman–Crippen LogP) is 4.47. The Morgan fingerprint density at radius 2 is 1.76 bits per heavy atom. The van der Waals surface area contributed by atoms with Gasteiger partial charge in [0.05, 0.1) is 0 Å². The van der Waals surface area contributed by atoms with Gasteiger partial charge in [-0.3, -0.25) is 0 Å². The van der Waals surface area contributed by atoms with Crippen LogP contribution in [0.5, 0.6) is 0 Å². The molecule has 1 heteroatoms. The van der Waals surface area contributed by atoms with E-state index in [0.717, 1.165) is 18.9 Å². The Balaban J connectivity index is 2.51. The smallest absolute Gasteiger partial charge is 0.0317 e. The summed E-state index contributed by atoms with van der Waals surface area (Å²) in [6, 6.07) is 9.42. The molecule has 0 aliphatic heterocycles. The average molecular weight is 233 g/mol. The second-order valence-electron chi connectivity index (χ2n) is 5.17. The summed E-state index contributed by atoms with van der Waals surface area (Å²) in [5, 5.41) is 3.69. The Hall–Kier alpha value is -0.820. The van der Waals surface area contributed by atoms with Crippen LogP contribution in [0.4, 0.5) is 0 Å². The fraction of sp³-hybridized carbons (Fsp3) is 0.625. The molecular formula is C16H27N. The van der Waals surface area contributed by atoms with Gasteiger partial charge in [0.15, 0.2) is 0 Å². The van der Waals surface area contributed by atoms with E-state index in [-0.39, 0.29) is 0 Å². The Morgan fingerprint density at radius 3 is 2.29 bits per heavy atom. The molecule has 1 rings (SSSR count). The van der Waals surface area contributed by atoms with E-state index in [1.54, 1.807) is 0 Å². The molecule has 0 spiro atoms. The van der Waals surface area contributed by atoms with Crippen LogP contribution in [0.25, 0.3) is 0 Å². The first-order valence-corrected chi connectivity index (χ1v) is 6.97. The van der Waals surface area contributed by atoms with Crippen molar-refractivity contribution in [3.05, 3.63) is 35.4 Å². The van der Waals surface area contributed by atoms with Crippen LogP contribution in [0.3, 0.4) is 0 Å². The first-order chi connectivity index (χ1) is 8.17. The molecule has 0 heterocycles. The molecule has 0 aromatic heterocycles. The molecule has 1 nitrogen and oxygen atoms in total. The molecule has 0 amide bonds. The second kappa shape index (κ2) is 7.50. The van der Waals surface area contributed by atoms with Crippen molar-refractivity contribution in [3.8, 4) is 0 Å². The van der Waals surface area contributed by atoms with Gasteiger partial charge >= 0.3 is 0 Å². The first kappa shape index (κ1) is 14.2. The summed E-state index contributed by atoms with van der Waals surface area (Å²) < 4.78 is 0. The minimum absolute atomic E-state index is 0.509. The van der Waals surface area contributed by atoms with Gasteiger partial charge in [-0.25, -0.2) is 0 Å². The monoisotopic (exact) mass is 233 g/mol. The molecule has 1 aromatic carbocycles. The molecule has 0 aliphatic carbocycles. The van der Waals surface area contributed by atoms with Gasteiger partial charge in [-0.2, -0.15) is 0 Å². The second-order valence-corrected chi connectivity index (χ2v) is 5.17. The normalized spacial score (nSPS) is 14.6. The fourth-order valence-corrected chi connectivity index (χ4v) is 2.23. The third-order valence-corrected chi connectivity index (χ3v) is 3.38. The molecule has 0 bridgehead atoms. The van der Waals surface area contributed by atoms with E-state index >= 15 is 0 Å². The third kappa shape index (κ3) is 4.91. The lowest BCUT2D eigenvalue weighted by molar-refractivity contribution is 0.425. The van der Waals surface area contributed by atoms with E-state index in [1.165, 1.54) is 24.0 Å². The van der Waals surface area contributed by atoms with Crippen molar-refractivity contribution in [1.29, 1.82) is 0 Å². The summed E-state index contributed by atoms with van der Waals surface area (Å²) in [6.45, 7) is 10.1. The van der Waals surface area contributed by atoms with Crippen LogP contribution >= 0.6 is 0 Å². The van der Waals surface area contributed by atoms with E-state index in [9.17, 15) is 0 Å². The maximum atomic E-state index is 3.69. The van der Waals surface area contributed by atoms with Crippen molar-refractivity contribution in [1.82, 2.24) is 5.32 Å². The maximum absolute atomic E-state index is 3.69. The molecule has 0 radical (unpaired) electrons. The van der Waals surface area contributed by atoms with Gasteiger partial charge in [0.25, 0.3) is 0 Å². The number of benzene rings is 1. The molecule has 0 aliphatic rings. The predicted molar refractivity (Wildman–Crippen MR) is 76.3 cm³/mol. The first-order valence-electron chi connectivity index (χ1n) is 6.97. The summed E-state index contributed by atoms with van der Waals surface area (Å²) in [7, 11) is 0.